The summed E-state index contributed by atoms with van der Waals surface area (Å²) in [6, 6.07) is 9.46. The van der Waals surface area contributed by atoms with E-state index in [4.69, 9.17) is 9.84 Å². The average Bonchev–Trinajstić information content (AvgIpc) is 2.45. The van der Waals surface area contributed by atoms with Crippen LogP contribution in [0.3, 0.4) is 0 Å². The summed E-state index contributed by atoms with van der Waals surface area (Å²) >= 11 is 0. The Morgan fingerprint density at radius 3 is 2.32 bits per heavy atom. The Hall–Kier alpha value is -2.70. The molecule has 0 aliphatic heterocycles. The van der Waals surface area contributed by atoms with E-state index in [1.54, 1.807) is 6.07 Å². The van der Waals surface area contributed by atoms with Crippen LogP contribution >= 0.6 is 0 Å². The maximum absolute atomic E-state index is 12.2. The van der Waals surface area contributed by atoms with Crippen LogP contribution in [-0.4, -0.2) is 24.5 Å². The van der Waals surface area contributed by atoms with Crippen LogP contribution in [0.4, 0.5) is 13.2 Å². The van der Waals surface area contributed by atoms with E-state index in [0.717, 1.165) is 6.07 Å². The number of rotatable bonds is 4. The second-order valence-corrected chi connectivity index (χ2v) is 4.33. The zero-order chi connectivity index (χ0) is 16.3. The molecular formula is C15H11F3O4. The Morgan fingerprint density at radius 2 is 1.73 bits per heavy atom. The number of hydrogen-bond acceptors (Lipinski definition) is 3. The first kappa shape index (κ1) is 15.7. The molecule has 7 heteroatoms. The van der Waals surface area contributed by atoms with Gasteiger partial charge in [0.1, 0.15) is 11.5 Å². The minimum Gasteiger partial charge on any atom is -0.497 e. The second-order valence-electron chi connectivity index (χ2n) is 4.33. The highest BCUT2D eigenvalue weighted by Crippen LogP contribution is 2.30. The van der Waals surface area contributed by atoms with Gasteiger partial charge in [-0.15, -0.1) is 13.2 Å². The van der Waals surface area contributed by atoms with Crippen molar-refractivity contribution in [2.75, 3.05) is 7.11 Å². The predicted molar refractivity (Wildman–Crippen MR) is 72.1 cm³/mol. The number of hydrogen-bond donors (Lipinski definition) is 1. The monoisotopic (exact) mass is 312 g/mol. The number of methoxy groups -OCH3 is 1. The van der Waals surface area contributed by atoms with Crippen LogP contribution in [0, 0.1) is 0 Å². The number of carbonyl (C=O) groups is 1. The molecule has 0 atom stereocenters. The van der Waals surface area contributed by atoms with E-state index in [1.165, 1.54) is 37.4 Å². The predicted octanol–water partition coefficient (Wildman–Crippen LogP) is 3.96. The van der Waals surface area contributed by atoms with Crippen molar-refractivity contribution >= 4 is 5.97 Å². The fraction of sp³-hybridized carbons (Fsp3) is 0.133. The lowest BCUT2D eigenvalue weighted by molar-refractivity contribution is -0.274. The molecule has 0 aliphatic rings. The van der Waals surface area contributed by atoms with Gasteiger partial charge in [-0.3, -0.25) is 0 Å². The number of benzene rings is 2. The molecule has 2 aromatic carbocycles. The lowest BCUT2D eigenvalue weighted by Gasteiger charge is -2.11. The van der Waals surface area contributed by atoms with Gasteiger partial charge in [-0.05, 0) is 41.5 Å². The summed E-state index contributed by atoms with van der Waals surface area (Å²) in [5.74, 6) is -1.26. The topological polar surface area (TPSA) is 55.8 Å². The third kappa shape index (κ3) is 3.91. The number of aromatic carboxylic acids is 1. The molecule has 0 spiro atoms. The Labute approximate surface area is 123 Å². The quantitative estimate of drug-likeness (QED) is 0.928. The molecule has 0 fully saturated rings. The molecule has 0 saturated heterocycles. The molecule has 116 valence electrons. The molecule has 4 nitrogen and oxygen atoms in total. The van der Waals surface area contributed by atoms with Crippen molar-refractivity contribution in [3.8, 4) is 22.6 Å². The Morgan fingerprint density at radius 1 is 1.05 bits per heavy atom. The summed E-state index contributed by atoms with van der Waals surface area (Å²) in [7, 11) is 1.37. The maximum Gasteiger partial charge on any atom is 0.573 e. The van der Waals surface area contributed by atoms with Gasteiger partial charge < -0.3 is 14.6 Å². The minimum atomic E-state index is -4.79. The van der Waals surface area contributed by atoms with E-state index >= 15 is 0 Å². The molecule has 0 heterocycles. The summed E-state index contributed by atoms with van der Waals surface area (Å²) < 4.78 is 45.6. The van der Waals surface area contributed by atoms with Crippen LogP contribution < -0.4 is 9.47 Å². The zero-order valence-corrected chi connectivity index (χ0v) is 11.3. The average molecular weight is 312 g/mol. The van der Waals surface area contributed by atoms with Gasteiger partial charge in [0, 0.05) is 0 Å². The van der Waals surface area contributed by atoms with E-state index in [-0.39, 0.29) is 17.1 Å². The van der Waals surface area contributed by atoms with E-state index in [2.05, 4.69) is 4.74 Å². The Bertz CT molecular complexity index is 695. The molecule has 2 aromatic rings. The molecule has 0 amide bonds. The van der Waals surface area contributed by atoms with Crippen molar-refractivity contribution in [1.82, 2.24) is 0 Å². The van der Waals surface area contributed by atoms with Gasteiger partial charge in [-0.2, -0.15) is 0 Å². The fourth-order valence-corrected chi connectivity index (χ4v) is 1.88. The summed E-state index contributed by atoms with van der Waals surface area (Å²) in [4.78, 5) is 11.1. The van der Waals surface area contributed by atoms with Gasteiger partial charge in [-0.25, -0.2) is 4.79 Å². The maximum atomic E-state index is 12.2. The van der Waals surface area contributed by atoms with Crippen molar-refractivity contribution in [2.45, 2.75) is 6.36 Å². The van der Waals surface area contributed by atoms with Crippen LogP contribution in [0.5, 0.6) is 11.5 Å². The number of carboxylic acids is 1. The number of halogens is 3. The first-order chi connectivity index (χ1) is 10.3. The lowest BCUT2D eigenvalue weighted by Crippen LogP contribution is -2.17. The van der Waals surface area contributed by atoms with Crippen molar-refractivity contribution in [3.05, 3.63) is 48.0 Å². The molecule has 2 rings (SSSR count). The number of carboxylic acid groups (broad SMARTS) is 1. The zero-order valence-electron chi connectivity index (χ0n) is 11.3. The molecule has 0 radical (unpaired) electrons. The number of alkyl halides is 3. The van der Waals surface area contributed by atoms with Crippen molar-refractivity contribution < 1.29 is 32.5 Å². The van der Waals surface area contributed by atoms with Crippen LogP contribution in [-0.2, 0) is 0 Å². The SMILES string of the molecule is COc1cc(C(=O)O)cc(-c2cccc(OC(F)(F)F)c2)c1. The fourth-order valence-electron chi connectivity index (χ4n) is 1.88. The first-order valence-corrected chi connectivity index (χ1v) is 6.07. The molecule has 0 saturated carbocycles. The van der Waals surface area contributed by atoms with Crippen LogP contribution in [0.1, 0.15) is 10.4 Å². The van der Waals surface area contributed by atoms with Gasteiger partial charge in [0.2, 0.25) is 0 Å². The largest absolute Gasteiger partial charge is 0.573 e. The molecule has 0 unspecified atom stereocenters. The highest BCUT2D eigenvalue weighted by molar-refractivity contribution is 5.90. The molecule has 1 N–H and O–H groups in total. The molecule has 0 aromatic heterocycles. The van der Waals surface area contributed by atoms with Crippen LogP contribution in [0.2, 0.25) is 0 Å². The summed E-state index contributed by atoms with van der Waals surface area (Å²) in [6.07, 6.45) is -4.79. The summed E-state index contributed by atoms with van der Waals surface area (Å²) in [6.45, 7) is 0. The minimum absolute atomic E-state index is 0.0310. The number of ether oxygens (including phenoxy) is 2. The third-order valence-corrected chi connectivity index (χ3v) is 2.79. The lowest BCUT2D eigenvalue weighted by atomic mass is 10.0. The normalized spacial score (nSPS) is 11.1. The van der Waals surface area contributed by atoms with E-state index in [1.807, 2.05) is 0 Å². The highest BCUT2D eigenvalue weighted by atomic mass is 19.4. The molecule has 22 heavy (non-hydrogen) atoms. The first-order valence-electron chi connectivity index (χ1n) is 6.07. The Balaban J connectivity index is 2.45. The smallest absolute Gasteiger partial charge is 0.497 e. The van der Waals surface area contributed by atoms with E-state index in [0.29, 0.717) is 11.1 Å². The molecule has 0 bridgehead atoms. The molecule has 0 aliphatic carbocycles. The summed E-state index contributed by atoms with van der Waals surface area (Å²) in [5, 5.41) is 9.05. The van der Waals surface area contributed by atoms with Crippen LogP contribution in [0.15, 0.2) is 42.5 Å². The third-order valence-electron chi connectivity index (χ3n) is 2.79. The van der Waals surface area contributed by atoms with Crippen molar-refractivity contribution in [2.24, 2.45) is 0 Å². The molecular weight excluding hydrogens is 301 g/mol. The Kier molecular flexibility index (Phi) is 4.25. The van der Waals surface area contributed by atoms with Crippen molar-refractivity contribution in [1.29, 1.82) is 0 Å². The standard InChI is InChI=1S/C15H11F3O4/c1-21-13-7-10(5-11(8-13)14(19)20)9-3-2-4-12(6-9)22-15(16,17)18/h2-8H,1H3,(H,19,20). The van der Waals surface area contributed by atoms with Gasteiger partial charge in [0.15, 0.2) is 0 Å². The van der Waals surface area contributed by atoms with E-state index in [9.17, 15) is 18.0 Å². The van der Waals surface area contributed by atoms with Gasteiger partial charge in [0.25, 0.3) is 0 Å². The van der Waals surface area contributed by atoms with E-state index < -0.39 is 12.3 Å². The van der Waals surface area contributed by atoms with Crippen molar-refractivity contribution in [3.63, 3.8) is 0 Å². The summed E-state index contributed by atoms with van der Waals surface area (Å²) in [5.41, 5.74) is 0.754. The van der Waals surface area contributed by atoms with Gasteiger partial charge in [-0.1, -0.05) is 12.1 Å². The van der Waals surface area contributed by atoms with Crippen LogP contribution in [0.25, 0.3) is 11.1 Å². The highest BCUT2D eigenvalue weighted by Gasteiger charge is 2.31. The van der Waals surface area contributed by atoms with Gasteiger partial charge >= 0.3 is 12.3 Å². The van der Waals surface area contributed by atoms with Gasteiger partial charge in [0.05, 0.1) is 12.7 Å². The second kappa shape index (κ2) is 5.97.